The molecule has 0 saturated carbocycles. The highest BCUT2D eigenvalue weighted by atomic mass is 31.1. The van der Waals surface area contributed by atoms with E-state index in [0.717, 1.165) is 35.3 Å². The van der Waals surface area contributed by atoms with Crippen LogP contribution in [0.1, 0.15) is 126 Å². The van der Waals surface area contributed by atoms with Crippen LogP contribution in [-0.4, -0.2) is 37.9 Å². The van der Waals surface area contributed by atoms with E-state index >= 15 is 0 Å². The molecule has 48 heavy (non-hydrogen) atoms. The Kier molecular flexibility index (Phi) is 20.3. The molecule has 0 aliphatic carbocycles. The molecule has 7 heteroatoms. The molecule has 0 heterocycles. The molecule has 1 unspecified atom stereocenters. The predicted octanol–water partition coefficient (Wildman–Crippen LogP) is 11.3. The van der Waals surface area contributed by atoms with Crippen molar-refractivity contribution in [2.24, 2.45) is 0 Å². The number of hydrogen-bond acceptors (Lipinski definition) is 5. The molecule has 264 valence electrons. The lowest BCUT2D eigenvalue weighted by molar-refractivity contribution is -0.0558. The average Bonchev–Trinajstić information content (AvgIpc) is 3.12. The summed E-state index contributed by atoms with van der Waals surface area (Å²) in [5.41, 5.74) is 1.78. The third-order valence-corrected chi connectivity index (χ3v) is 9.51. The molecule has 0 aliphatic rings. The van der Waals surface area contributed by atoms with Crippen LogP contribution < -0.4 is 4.74 Å². The minimum Gasteiger partial charge on any atom is -0.497 e. The minimum absolute atomic E-state index is 0.0520. The molecule has 0 spiro atoms. The summed E-state index contributed by atoms with van der Waals surface area (Å²) in [4.78, 5) is 9.67. The molecule has 1 N–H and O–H groups in total. The van der Waals surface area contributed by atoms with Gasteiger partial charge in [0.25, 0.3) is 0 Å². The number of benzene rings is 3. The molecule has 0 bridgehead atoms. The van der Waals surface area contributed by atoms with Crippen LogP contribution in [0.25, 0.3) is 0 Å². The smallest absolute Gasteiger partial charge is 0.497 e. The molecular weight excluding hydrogens is 619 g/mol. The number of unbranched alkanes of at least 4 members (excludes halogenated alkanes) is 15. The predicted molar refractivity (Wildman–Crippen MR) is 197 cm³/mol. The van der Waals surface area contributed by atoms with E-state index < -0.39 is 20.0 Å². The Labute approximate surface area is 291 Å². The molecule has 2 atom stereocenters. The van der Waals surface area contributed by atoms with Crippen molar-refractivity contribution in [3.63, 3.8) is 0 Å². The molecule has 0 aromatic heterocycles. The van der Waals surface area contributed by atoms with Gasteiger partial charge >= 0.3 is 8.25 Å². The van der Waals surface area contributed by atoms with Gasteiger partial charge in [0.15, 0.2) is 6.10 Å². The Morgan fingerprint density at radius 3 is 1.48 bits per heavy atom. The maximum atomic E-state index is 11.8. The van der Waals surface area contributed by atoms with Crippen molar-refractivity contribution in [2.45, 2.75) is 121 Å². The van der Waals surface area contributed by atoms with Gasteiger partial charge in [-0.15, -0.1) is 9.42 Å². The van der Waals surface area contributed by atoms with Crippen LogP contribution in [0.5, 0.6) is 5.75 Å². The van der Waals surface area contributed by atoms with Crippen LogP contribution >= 0.6 is 8.25 Å². The maximum Gasteiger partial charge on any atom is 0.695 e. The fraction of sp³-hybridized carbons (Fsp3) is 0.561. The molecule has 3 aromatic carbocycles. The van der Waals surface area contributed by atoms with Gasteiger partial charge in [-0.3, -0.25) is 0 Å². The van der Waals surface area contributed by atoms with Crippen LogP contribution in [0.3, 0.4) is 0 Å². The SMILES string of the molecule is CCCCCCCCCCCCCCCCCCOC[C@@H](COC(c1ccccc1)(c1ccccc1)c1ccc(OC)cc1)O[P+](=O)O. The molecule has 6 nitrogen and oxygen atoms in total. The fourth-order valence-electron chi connectivity index (χ4n) is 6.34. The number of hydrogen-bond donors (Lipinski definition) is 1. The summed E-state index contributed by atoms with van der Waals surface area (Å²) in [5.74, 6) is 0.745. The fourth-order valence-corrected chi connectivity index (χ4v) is 6.72. The largest absolute Gasteiger partial charge is 0.695 e. The molecule has 0 saturated heterocycles. The van der Waals surface area contributed by atoms with Crippen molar-refractivity contribution in [2.75, 3.05) is 26.9 Å². The Morgan fingerprint density at radius 2 is 1.04 bits per heavy atom. The maximum absolute atomic E-state index is 11.8. The van der Waals surface area contributed by atoms with Crippen molar-refractivity contribution < 1.29 is 28.2 Å². The zero-order chi connectivity index (χ0) is 34.1. The van der Waals surface area contributed by atoms with Gasteiger partial charge in [-0.05, 0) is 35.2 Å². The quantitative estimate of drug-likeness (QED) is 0.0468. The van der Waals surface area contributed by atoms with Gasteiger partial charge in [-0.2, -0.15) is 0 Å². The number of ether oxygens (including phenoxy) is 3. The third kappa shape index (κ3) is 14.5. The van der Waals surface area contributed by atoms with Crippen LogP contribution in [0, 0.1) is 0 Å². The van der Waals surface area contributed by atoms with Gasteiger partial charge < -0.3 is 14.2 Å². The van der Waals surface area contributed by atoms with E-state index in [0.29, 0.717) is 6.61 Å². The molecule has 0 aliphatic heterocycles. The van der Waals surface area contributed by atoms with E-state index in [9.17, 15) is 9.46 Å². The average molecular weight is 680 g/mol. The van der Waals surface area contributed by atoms with E-state index in [1.807, 2.05) is 84.9 Å². The highest BCUT2D eigenvalue weighted by Crippen LogP contribution is 2.41. The summed E-state index contributed by atoms with van der Waals surface area (Å²) in [7, 11) is -1.19. The first-order valence-electron chi connectivity index (χ1n) is 18.4. The standard InChI is InChI=1S/C41H59O6P/c1-3-4-5-6-7-8-9-10-11-12-13-14-15-16-17-24-33-45-34-40(47-48(42)43)35-46-41(36-25-20-18-21-26-36,37-27-22-19-23-28-37)38-29-31-39(44-2)32-30-38/h18-23,25-32,40H,3-17,24,33-35H2,1-2H3/p+1/t40-/m0/s1. The number of methoxy groups -OCH3 is 1. The summed E-state index contributed by atoms with van der Waals surface area (Å²) < 4.78 is 35.4. The zero-order valence-corrected chi connectivity index (χ0v) is 30.4. The van der Waals surface area contributed by atoms with Gasteiger partial charge in [-0.25, -0.2) is 0 Å². The molecule has 0 amide bonds. The summed E-state index contributed by atoms with van der Waals surface area (Å²) in [6.07, 6.45) is 20.4. The summed E-state index contributed by atoms with van der Waals surface area (Å²) in [5, 5.41) is 0. The Hall–Kier alpha value is -2.60. The van der Waals surface area contributed by atoms with Gasteiger partial charge in [0, 0.05) is 11.2 Å². The van der Waals surface area contributed by atoms with Crippen molar-refractivity contribution in [1.82, 2.24) is 0 Å². The third-order valence-electron chi connectivity index (χ3n) is 9.03. The van der Waals surface area contributed by atoms with Gasteiger partial charge in [0.2, 0.25) is 0 Å². The van der Waals surface area contributed by atoms with Crippen molar-refractivity contribution in [1.29, 1.82) is 0 Å². The monoisotopic (exact) mass is 679 g/mol. The zero-order valence-electron chi connectivity index (χ0n) is 29.5. The summed E-state index contributed by atoms with van der Waals surface area (Å²) >= 11 is 0. The first kappa shape index (κ1) is 39.8. The first-order chi connectivity index (χ1) is 23.6. The second kappa shape index (κ2) is 24.5. The van der Waals surface area contributed by atoms with Gasteiger partial charge in [0.05, 0.1) is 20.3 Å². The Balaban J connectivity index is 1.45. The van der Waals surface area contributed by atoms with E-state index in [4.69, 9.17) is 18.7 Å². The van der Waals surface area contributed by atoms with Gasteiger partial charge in [-0.1, -0.05) is 176 Å². The minimum atomic E-state index is -2.83. The van der Waals surface area contributed by atoms with Crippen LogP contribution in [0.15, 0.2) is 84.9 Å². The van der Waals surface area contributed by atoms with E-state index in [1.54, 1.807) is 7.11 Å². The molecule has 3 aromatic rings. The number of rotatable bonds is 28. The van der Waals surface area contributed by atoms with Crippen LogP contribution in [0.4, 0.5) is 0 Å². The highest BCUT2D eigenvalue weighted by Gasteiger charge is 2.39. The van der Waals surface area contributed by atoms with Crippen molar-refractivity contribution in [3.05, 3.63) is 102 Å². The Bertz CT molecular complexity index is 1180. The summed E-state index contributed by atoms with van der Waals surface area (Å²) in [6.45, 7) is 3.08. The van der Waals surface area contributed by atoms with E-state index in [-0.39, 0.29) is 13.2 Å². The second-order valence-electron chi connectivity index (χ2n) is 12.8. The van der Waals surface area contributed by atoms with Gasteiger partial charge in [0.1, 0.15) is 11.4 Å². The van der Waals surface area contributed by atoms with Crippen molar-refractivity contribution >= 4 is 8.25 Å². The molecular formula is C41H60O6P+. The molecule has 0 radical (unpaired) electrons. The van der Waals surface area contributed by atoms with Crippen LogP contribution in [-0.2, 0) is 24.2 Å². The highest BCUT2D eigenvalue weighted by molar-refractivity contribution is 7.32. The van der Waals surface area contributed by atoms with E-state index in [2.05, 4.69) is 6.92 Å². The summed E-state index contributed by atoms with van der Waals surface area (Å²) in [6, 6.07) is 27.9. The Morgan fingerprint density at radius 1 is 0.604 bits per heavy atom. The van der Waals surface area contributed by atoms with E-state index in [1.165, 1.54) is 89.9 Å². The van der Waals surface area contributed by atoms with Crippen LogP contribution in [0.2, 0.25) is 0 Å². The lowest BCUT2D eigenvalue weighted by Crippen LogP contribution is -2.37. The molecule has 3 rings (SSSR count). The normalized spacial score (nSPS) is 12.6. The first-order valence-corrected chi connectivity index (χ1v) is 19.5. The second-order valence-corrected chi connectivity index (χ2v) is 13.5. The van der Waals surface area contributed by atoms with Crippen molar-refractivity contribution in [3.8, 4) is 5.75 Å². The lowest BCUT2D eigenvalue weighted by atomic mass is 9.80. The topological polar surface area (TPSA) is 74.2 Å². The lowest BCUT2D eigenvalue weighted by Gasteiger charge is -2.36. The molecule has 0 fully saturated rings.